The van der Waals surface area contributed by atoms with Crippen LogP contribution in [0.4, 0.5) is 0 Å². The molecule has 1 aromatic carbocycles. The zero-order valence-corrected chi connectivity index (χ0v) is 17.8. The molecule has 2 heteroatoms. The Morgan fingerprint density at radius 1 is 1.17 bits per heavy atom. The van der Waals surface area contributed by atoms with Gasteiger partial charge in [0.2, 0.25) is 0 Å². The van der Waals surface area contributed by atoms with Gasteiger partial charge in [0.15, 0.2) is 0 Å². The van der Waals surface area contributed by atoms with Crippen LogP contribution >= 0.6 is 0 Å². The smallest absolute Gasteiger partial charge is 0.0981 e. The lowest BCUT2D eigenvalue weighted by molar-refractivity contribution is -0.123. The van der Waals surface area contributed by atoms with Gasteiger partial charge in [-0.2, -0.15) is 0 Å². The minimum Gasteiger partial charge on any atom is -0.359 e. The maximum atomic E-state index is 7.24. The zero-order chi connectivity index (χ0) is 20.1. The predicted octanol–water partition coefficient (Wildman–Crippen LogP) is 6.33. The molecule has 2 bridgehead atoms. The standard InChI is InChI=1S/C28H29NO/c1-18-3-6-22-14-23-9-10-26(2)24(19-4-5-20-16-29-17-21(20)13-19)7-8-25(26)28(23)12-11-27(22,15-18)30-28/h4-5,7,9,13-14,17,25H,1,3,6,8,10-12,15-16H2,2H3/t25-,26-,27-,28?/m1/s1. The molecule has 3 aliphatic carbocycles. The molecule has 152 valence electrons. The Morgan fingerprint density at radius 3 is 3.03 bits per heavy atom. The van der Waals surface area contributed by atoms with Gasteiger partial charge in [0.05, 0.1) is 17.7 Å². The first-order valence-corrected chi connectivity index (χ1v) is 11.6. The molecule has 1 saturated heterocycles. The fourth-order valence-electron chi connectivity index (χ4n) is 7.64. The monoisotopic (exact) mass is 395 g/mol. The van der Waals surface area contributed by atoms with Gasteiger partial charge in [-0.05, 0) is 78.0 Å². The summed E-state index contributed by atoms with van der Waals surface area (Å²) in [5.74, 6) is 0.522. The van der Waals surface area contributed by atoms with E-state index in [1.165, 1.54) is 33.4 Å². The highest BCUT2D eigenvalue weighted by Gasteiger charge is 2.64. The Labute approximate surface area is 179 Å². The topological polar surface area (TPSA) is 21.6 Å². The van der Waals surface area contributed by atoms with Gasteiger partial charge in [-0.15, -0.1) is 0 Å². The Hall–Kier alpha value is -2.19. The highest BCUT2D eigenvalue weighted by Crippen LogP contribution is 2.67. The number of hydrogen-bond donors (Lipinski definition) is 0. The van der Waals surface area contributed by atoms with E-state index in [1.54, 1.807) is 5.57 Å². The van der Waals surface area contributed by atoms with Crippen LogP contribution in [0.5, 0.6) is 0 Å². The molecule has 1 aromatic rings. The second-order valence-electron chi connectivity index (χ2n) is 10.7. The van der Waals surface area contributed by atoms with E-state index < -0.39 is 0 Å². The molecule has 6 aliphatic rings. The summed E-state index contributed by atoms with van der Waals surface area (Å²) in [5.41, 5.74) is 9.93. The number of nitrogens with zero attached hydrogens (tertiary/aromatic N) is 1. The fourth-order valence-corrected chi connectivity index (χ4v) is 7.64. The first-order chi connectivity index (χ1) is 14.5. The summed E-state index contributed by atoms with van der Waals surface area (Å²) in [6.07, 6.45) is 17.5. The summed E-state index contributed by atoms with van der Waals surface area (Å²) in [5, 5.41) is 0. The largest absolute Gasteiger partial charge is 0.359 e. The van der Waals surface area contributed by atoms with Gasteiger partial charge in [0, 0.05) is 24.0 Å². The van der Waals surface area contributed by atoms with Gasteiger partial charge < -0.3 is 4.74 Å². The molecule has 2 nitrogen and oxygen atoms in total. The molecule has 3 heterocycles. The third kappa shape index (κ3) is 2.01. The first kappa shape index (κ1) is 17.5. The number of rotatable bonds is 1. The molecule has 3 aliphatic heterocycles. The number of fused-ring (bicyclic) bond motifs is 2. The van der Waals surface area contributed by atoms with Crippen molar-refractivity contribution in [1.82, 2.24) is 0 Å². The van der Waals surface area contributed by atoms with Gasteiger partial charge in [-0.1, -0.05) is 49.4 Å². The van der Waals surface area contributed by atoms with Crippen LogP contribution in [0.3, 0.4) is 0 Å². The minimum atomic E-state index is -0.107. The zero-order valence-electron chi connectivity index (χ0n) is 17.8. The van der Waals surface area contributed by atoms with E-state index in [0.29, 0.717) is 5.92 Å². The van der Waals surface area contributed by atoms with Crippen LogP contribution in [0.25, 0.3) is 5.57 Å². The van der Waals surface area contributed by atoms with Crippen molar-refractivity contribution in [2.45, 2.75) is 69.6 Å². The van der Waals surface area contributed by atoms with Crippen molar-refractivity contribution in [3.8, 4) is 0 Å². The molecule has 4 atom stereocenters. The number of aliphatic imine (C=N–C) groups is 1. The third-order valence-corrected chi connectivity index (χ3v) is 9.16. The van der Waals surface area contributed by atoms with Gasteiger partial charge in [0.1, 0.15) is 0 Å². The second-order valence-corrected chi connectivity index (χ2v) is 10.7. The maximum absolute atomic E-state index is 7.24. The Bertz CT molecular complexity index is 1130. The average molecular weight is 396 g/mol. The highest BCUT2D eigenvalue weighted by molar-refractivity contribution is 5.87. The van der Waals surface area contributed by atoms with E-state index in [4.69, 9.17) is 4.74 Å². The van der Waals surface area contributed by atoms with E-state index in [0.717, 1.165) is 51.5 Å². The number of hydrogen-bond acceptors (Lipinski definition) is 2. The van der Waals surface area contributed by atoms with Crippen LogP contribution in [-0.4, -0.2) is 17.4 Å². The highest BCUT2D eigenvalue weighted by atomic mass is 16.5. The van der Waals surface area contributed by atoms with E-state index in [-0.39, 0.29) is 16.6 Å². The third-order valence-electron chi connectivity index (χ3n) is 9.16. The van der Waals surface area contributed by atoms with Crippen molar-refractivity contribution >= 4 is 11.8 Å². The number of ether oxygens (including phenoxy) is 1. The van der Waals surface area contributed by atoms with Crippen molar-refractivity contribution in [2.24, 2.45) is 16.3 Å². The van der Waals surface area contributed by atoms with Crippen molar-refractivity contribution < 1.29 is 4.74 Å². The lowest BCUT2D eigenvalue weighted by Crippen LogP contribution is -2.53. The summed E-state index contributed by atoms with van der Waals surface area (Å²) in [7, 11) is 0. The Morgan fingerprint density at radius 2 is 2.10 bits per heavy atom. The second kappa shape index (κ2) is 5.53. The van der Waals surface area contributed by atoms with Crippen molar-refractivity contribution in [3.05, 3.63) is 76.4 Å². The Kier molecular flexibility index (Phi) is 3.23. The lowest BCUT2D eigenvalue weighted by atomic mass is 9.58. The quantitative estimate of drug-likeness (QED) is 0.509. The van der Waals surface area contributed by atoms with Crippen LogP contribution in [-0.2, 0) is 11.3 Å². The molecule has 0 aromatic heterocycles. The van der Waals surface area contributed by atoms with Crippen molar-refractivity contribution in [2.75, 3.05) is 0 Å². The summed E-state index contributed by atoms with van der Waals surface area (Å²) < 4.78 is 7.24. The molecular formula is C28H29NO. The summed E-state index contributed by atoms with van der Waals surface area (Å²) in [6.45, 7) is 7.66. The summed E-state index contributed by atoms with van der Waals surface area (Å²) >= 11 is 0. The molecule has 0 amide bonds. The van der Waals surface area contributed by atoms with E-state index >= 15 is 0 Å². The summed E-state index contributed by atoms with van der Waals surface area (Å²) in [4.78, 5) is 4.46. The Balaban J connectivity index is 1.32. The van der Waals surface area contributed by atoms with Crippen LogP contribution < -0.4 is 0 Å². The molecule has 7 rings (SSSR count). The molecule has 1 saturated carbocycles. The van der Waals surface area contributed by atoms with Gasteiger partial charge in [-0.25, -0.2) is 0 Å². The molecule has 0 radical (unpaired) electrons. The van der Waals surface area contributed by atoms with Crippen LogP contribution in [0.2, 0.25) is 0 Å². The lowest BCUT2D eigenvalue weighted by Gasteiger charge is -2.53. The maximum Gasteiger partial charge on any atom is 0.0981 e. The average Bonchev–Trinajstić information content (AvgIpc) is 3.41. The minimum absolute atomic E-state index is 0.0578. The van der Waals surface area contributed by atoms with Gasteiger partial charge in [-0.3, -0.25) is 4.99 Å². The van der Waals surface area contributed by atoms with Gasteiger partial charge >= 0.3 is 0 Å². The molecular weight excluding hydrogens is 366 g/mol. The summed E-state index contributed by atoms with van der Waals surface area (Å²) in [6, 6.07) is 6.97. The van der Waals surface area contributed by atoms with Crippen LogP contribution in [0.15, 0.2) is 64.7 Å². The van der Waals surface area contributed by atoms with E-state index in [2.05, 4.69) is 54.9 Å². The first-order valence-electron chi connectivity index (χ1n) is 11.6. The van der Waals surface area contributed by atoms with Crippen molar-refractivity contribution in [3.63, 3.8) is 0 Å². The molecule has 2 fully saturated rings. The molecule has 2 spiro atoms. The van der Waals surface area contributed by atoms with Crippen molar-refractivity contribution in [1.29, 1.82) is 0 Å². The molecule has 30 heavy (non-hydrogen) atoms. The van der Waals surface area contributed by atoms with Crippen LogP contribution in [0.1, 0.15) is 68.6 Å². The number of allylic oxidation sites excluding steroid dienone is 3. The van der Waals surface area contributed by atoms with Gasteiger partial charge in [0.25, 0.3) is 0 Å². The SMILES string of the molecule is C=C1CCC2=CC3=CC[C@]4(C)C(c5ccc6c(c5)C=NC6)=CC[C@H]4C34CC[C@]2(C1)O4. The van der Waals surface area contributed by atoms with E-state index in [1.807, 2.05) is 6.21 Å². The fraction of sp³-hybridized carbons (Fsp3) is 0.464. The number of benzene rings is 1. The normalized spacial score (nSPS) is 40.2. The molecule has 0 N–H and O–H groups in total. The predicted molar refractivity (Wildman–Crippen MR) is 121 cm³/mol. The molecule has 1 unspecified atom stereocenters. The van der Waals surface area contributed by atoms with Crippen LogP contribution in [0, 0.1) is 11.3 Å². The van der Waals surface area contributed by atoms with E-state index in [9.17, 15) is 0 Å².